The van der Waals surface area contributed by atoms with Gasteiger partial charge in [0, 0.05) is 39.2 Å². The molecular weight excluding hydrogens is 464 g/mol. The van der Waals surface area contributed by atoms with Gasteiger partial charge in [-0.05, 0) is 63.9 Å². The first-order valence-electron chi connectivity index (χ1n) is 11.7. The minimum atomic E-state index is -0.338. The average Bonchev–Trinajstić information content (AvgIpc) is 3.13. The van der Waals surface area contributed by atoms with Gasteiger partial charge in [-0.25, -0.2) is 4.79 Å². The lowest BCUT2D eigenvalue weighted by Gasteiger charge is -2.31. The van der Waals surface area contributed by atoms with Crippen LogP contribution in [0.1, 0.15) is 72.3 Å². The molecule has 1 aliphatic rings. The molecule has 1 fully saturated rings. The second-order valence-corrected chi connectivity index (χ2v) is 9.95. The quantitative estimate of drug-likeness (QED) is 0.359. The van der Waals surface area contributed by atoms with Gasteiger partial charge in [0.15, 0.2) is 0 Å². The number of halogens is 1. The largest absolute Gasteiger partial charge is 0.454 e. The number of nitrogens with one attached hydrogen (secondary N) is 1. The Balaban J connectivity index is 1.49. The summed E-state index contributed by atoms with van der Waals surface area (Å²) >= 11 is 3.56. The summed E-state index contributed by atoms with van der Waals surface area (Å²) in [7, 11) is 2.25. The van der Waals surface area contributed by atoms with Crippen LogP contribution in [0.4, 0.5) is 0 Å². The van der Waals surface area contributed by atoms with Crippen LogP contribution in [0.15, 0.2) is 46.9 Å². The number of fused-ring (bicyclic) bond motifs is 1. The average molecular weight is 497 g/mol. The molecule has 1 heterocycles. The Bertz CT molecular complexity index is 1080. The molecule has 0 radical (unpaired) electrons. The first-order chi connectivity index (χ1) is 15.4. The Labute approximate surface area is 199 Å². The Morgan fingerprint density at radius 1 is 1.19 bits per heavy atom. The van der Waals surface area contributed by atoms with Crippen molar-refractivity contribution in [2.24, 2.45) is 0 Å². The molecule has 1 saturated carbocycles. The third-order valence-corrected chi connectivity index (χ3v) is 7.56. The normalized spacial score (nSPS) is 15.9. The summed E-state index contributed by atoms with van der Waals surface area (Å²) < 4.78 is 6.82. The van der Waals surface area contributed by atoms with Gasteiger partial charge in [-0.3, -0.25) is 0 Å². The van der Waals surface area contributed by atoms with Crippen LogP contribution < -0.4 is 0 Å². The minimum Gasteiger partial charge on any atom is -0.454 e. The molecule has 3 aromatic rings. The summed E-state index contributed by atoms with van der Waals surface area (Å²) in [6, 6.07) is 15.0. The molecule has 32 heavy (non-hydrogen) atoms. The first kappa shape index (κ1) is 23.1. The van der Waals surface area contributed by atoms with Crippen molar-refractivity contribution in [1.29, 1.82) is 0 Å². The first-order valence-corrected chi connectivity index (χ1v) is 12.5. The highest BCUT2D eigenvalue weighted by Crippen LogP contribution is 2.30. The number of aryl methyl sites for hydroxylation is 1. The predicted molar refractivity (Wildman–Crippen MR) is 134 cm³/mol. The number of aromatic nitrogens is 1. The van der Waals surface area contributed by atoms with Gasteiger partial charge in [0.1, 0.15) is 6.10 Å². The van der Waals surface area contributed by atoms with E-state index in [1.54, 1.807) is 0 Å². The molecule has 1 atom stereocenters. The van der Waals surface area contributed by atoms with Crippen molar-refractivity contribution < 1.29 is 9.53 Å². The van der Waals surface area contributed by atoms with Crippen molar-refractivity contribution in [3.05, 3.63) is 69.3 Å². The van der Waals surface area contributed by atoms with Crippen molar-refractivity contribution in [2.45, 2.75) is 64.5 Å². The summed E-state index contributed by atoms with van der Waals surface area (Å²) in [5.74, 6) is -0.284. The molecular formula is C27H33BrN2O2. The summed E-state index contributed by atoms with van der Waals surface area (Å²) in [6.45, 7) is 4.89. The van der Waals surface area contributed by atoms with E-state index < -0.39 is 0 Å². The number of H-pyrrole nitrogens is 1. The summed E-state index contributed by atoms with van der Waals surface area (Å²) in [6.07, 6.45) is 7.37. The van der Waals surface area contributed by atoms with Gasteiger partial charge in [0.25, 0.3) is 0 Å². The fourth-order valence-corrected chi connectivity index (χ4v) is 5.50. The van der Waals surface area contributed by atoms with Crippen LogP contribution in [0.5, 0.6) is 0 Å². The zero-order valence-electron chi connectivity index (χ0n) is 19.3. The number of likely N-dealkylation sites (N-methyl/N-ethyl adjacent to an activating group) is 1. The van der Waals surface area contributed by atoms with Gasteiger partial charge in [-0.15, -0.1) is 0 Å². The highest BCUT2D eigenvalue weighted by molar-refractivity contribution is 9.10. The van der Waals surface area contributed by atoms with E-state index in [0.29, 0.717) is 11.6 Å². The molecule has 4 nitrogen and oxygen atoms in total. The van der Waals surface area contributed by atoms with Gasteiger partial charge in [-0.1, -0.05) is 59.5 Å². The molecule has 1 N–H and O–H groups in total. The lowest BCUT2D eigenvalue weighted by molar-refractivity contribution is 0.0338. The van der Waals surface area contributed by atoms with E-state index in [1.807, 2.05) is 38.1 Å². The van der Waals surface area contributed by atoms with Crippen LogP contribution >= 0.6 is 15.9 Å². The molecule has 5 heteroatoms. The van der Waals surface area contributed by atoms with E-state index in [9.17, 15) is 4.79 Å². The molecule has 4 rings (SSSR count). The van der Waals surface area contributed by atoms with Gasteiger partial charge in [0.05, 0.1) is 5.56 Å². The molecule has 1 aromatic heterocycles. The number of ether oxygens (including phenoxy) is 1. The number of esters is 1. The number of rotatable bonds is 7. The maximum Gasteiger partial charge on any atom is 0.341 e. The fraction of sp³-hybridized carbons (Fsp3) is 0.444. The monoisotopic (exact) mass is 496 g/mol. The summed E-state index contributed by atoms with van der Waals surface area (Å²) in [4.78, 5) is 19.0. The Morgan fingerprint density at radius 3 is 2.69 bits per heavy atom. The lowest BCUT2D eigenvalue weighted by atomic mass is 9.94. The molecule has 0 spiro atoms. The van der Waals surface area contributed by atoms with E-state index >= 15 is 0 Å². The van der Waals surface area contributed by atoms with Crippen LogP contribution in [0.25, 0.3) is 10.9 Å². The summed E-state index contributed by atoms with van der Waals surface area (Å²) in [5, 5.41) is 0.949. The van der Waals surface area contributed by atoms with Gasteiger partial charge < -0.3 is 14.6 Å². The number of aromatic amines is 1. The predicted octanol–water partition coefficient (Wildman–Crippen LogP) is 6.96. The van der Waals surface area contributed by atoms with Gasteiger partial charge >= 0.3 is 5.97 Å². The highest BCUT2D eigenvalue weighted by Gasteiger charge is 2.22. The lowest BCUT2D eigenvalue weighted by Crippen LogP contribution is -2.34. The second-order valence-electron chi connectivity index (χ2n) is 9.10. The van der Waals surface area contributed by atoms with Gasteiger partial charge in [0.2, 0.25) is 0 Å². The topological polar surface area (TPSA) is 45.3 Å². The van der Waals surface area contributed by atoms with Crippen molar-refractivity contribution in [2.75, 3.05) is 13.6 Å². The van der Waals surface area contributed by atoms with E-state index in [2.05, 4.69) is 51.1 Å². The number of hydrogen-bond donors (Lipinski definition) is 1. The molecule has 1 unspecified atom stereocenters. The Kier molecular flexibility index (Phi) is 7.37. The minimum absolute atomic E-state index is 0.284. The zero-order valence-corrected chi connectivity index (χ0v) is 20.9. The van der Waals surface area contributed by atoms with E-state index in [0.717, 1.165) is 39.6 Å². The maximum absolute atomic E-state index is 13.2. The Hall–Kier alpha value is -2.11. The second kappa shape index (κ2) is 10.2. The number of carbonyl (C=O) groups is 1. The fourth-order valence-electron chi connectivity index (χ4n) is 4.89. The van der Waals surface area contributed by atoms with E-state index in [4.69, 9.17) is 4.74 Å². The van der Waals surface area contributed by atoms with Crippen molar-refractivity contribution in [1.82, 2.24) is 9.88 Å². The summed E-state index contributed by atoms with van der Waals surface area (Å²) in [5.41, 5.74) is 4.69. The number of carbonyl (C=O) groups excluding carboxylic acids is 1. The molecule has 0 amide bonds. The van der Waals surface area contributed by atoms with E-state index in [1.165, 1.54) is 37.7 Å². The third-order valence-electron chi connectivity index (χ3n) is 6.83. The van der Waals surface area contributed by atoms with Crippen LogP contribution in [0.2, 0.25) is 0 Å². The third kappa shape index (κ3) is 5.10. The standard InChI is InChI=1S/C27H33BrN2O2/c1-18-26(27(31)32-19(2)22-11-7-8-12-24(22)28)23-17-20(13-14-25(23)29-18)15-16-30(3)21-9-5-4-6-10-21/h7-8,11-14,17,19,21,29H,4-6,9-10,15-16H2,1-3H3. The van der Waals surface area contributed by atoms with Crippen LogP contribution in [-0.2, 0) is 11.2 Å². The SMILES string of the molecule is Cc1[nH]c2ccc(CCN(C)C3CCCCC3)cc2c1C(=O)OC(C)c1ccccc1Br. The molecule has 0 aliphatic heterocycles. The number of nitrogens with zero attached hydrogens (tertiary/aromatic N) is 1. The molecule has 2 aromatic carbocycles. The van der Waals surface area contributed by atoms with Gasteiger partial charge in [-0.2, -0.15) is 0 Å². The Morgan fingerprint density at radius 2 is 1.94 bits per heavy atom. The smallest absolute Gasteiger partial charge is 0.341 e. The number of benzene rings is 2. The van der Waals surface area contributed by atoms with Crippen LogP contribution in [0.3, 0.4) is 0 Å². The van der Waals surface area contributed by atoms with Crippen molar-refractivity contribution >= 4 is 32.8 Å². The zero-order chi connectivity index (χ0) is 22.7. The molecule has 170 valence electrons. The number of hydrogen-bond acceptors (Lipinski definition) is 3. The van der Waals surface area contributed by atoms with Crippen LogP contribution in [-0.4, -0.2) is 35.5 Å². The van der Waals surface area contributed by atoms with Crippen molar-refractivity contribution in [3.8, 4) is 0 Å². The maximum atomic E-state index is 13.2. The molecule has 1 aliphatic carbocycles. The van der Waals surface area contributed by atoms with Crippen molar-refractivity contribution in [3.63, 3.8) is 0 Å². The highest BCUT2D eigenvalue weighted by atomic mass is 79.9. The van der Waals surface area contributed by atoms with E-state index in [-0.39, 0.29) is 12.1 Å². The van der Waals surface area contributed by atoms with Crippen LogP contribution in [0, 0.1) is 6.92 Å². The molecule has 0 saturated heterocycles. The molecule has 0 bridgehead atoms.